The van der Waals surface area contributed by atoms with Crippen molar-refractivity contribution in [1.29, 1.82) is 0 Å². The van der Waals surface area contributed by atoms with Crippen LogP contribution in [0.2, 0.25) is 0 Å². The standard InChI is InChI=1S/3C48H32N2/c1-4-15-33(16-5-1)38-23-14-24-39(34-17-6-2-7-18-34)48(38)50-45-26-13-10-21-40(45)42-29-27-36(32-47(42)50)35-28-30-46-43(31-35)41-22-11-12-25-44(41)49(46)37-19-8-3-9-20-37;1-4-14-33(15-5-1)39-28-26-38(32-43(39)34-16-6-2-7-17-34)50-45-22-12-10-20-40(45)42-27-24-36(31-48(42)50)35-25-29-47-44(30-35)41-21-11-13-23-46(41)49(47)37-18-8-3-9-19-37;1-4-14-33(15-5-1)37-28-38(34-16-6-2-7-17-34)30-40(29-37)50-45-22-12-10-20-41(45)43-26-24-36(32-48(43)50)35-25-27-47-44(31-35)42-21-11-13-23-46(42)49(47)39-18-8-3-9-19-39/h3*1-32H. The molecule has 6 heteroatoms. The number of para-hydroxylation sites is 10. The van der Waals surface area contributed by atoms with Crippen LogP contribution < -0.4 is 0 Å². The highest BCUT2D eigenvalue weighted by molar-refractivity contribution is 6.18. The molecule has 0 amide bonds. The normalized spacial score (nSPS) is 11.6. The molecule has 24 aromatic carbocycles. The zero-order valence-electron chi connectivity index (χ0n) is 82.1. The molecule has 0 saturated carbocycles. The molecule has 30 rings (SSSR count). The molecule has 0 spiro atoms. The first-order chi connectivity index (χ1) is 74.4. The van der Waals surface area contributed by atoms with Crippen LogP contribution >= 0.6 is 0 Å². The minimum absolute atomic E-state index is 1.15. The van der Waals surface area contributed by atoms with Crippen LogP contribution in [0.4, 0.5) is 0 Å². The van der Waals surface area contributed by atoms with Crippen LogP contribution in [-0.4, -0.2) is 27.4 Å². The zero-order chi connectivity index (χ0) is 99.1. The Morgan fingerprint density at radius 1 is 0.0867 bits per heavy atom. The molecular weight excluding hydrogens is 1810 g/mol. The molecule has 0 aliphatic heterocycles. The van der Waals surface area contributed by atoms with Crippen LogP contribution in [0, 0.1) is 0 Å². The summed E-state index contributed by atoms with van der Waals surface area (Å²) in [6.45, 7) is 0. The van der Waals surface area contributed by atoms with Gasteiger partial charge in [-0.1, -0.05) is 425 Å². The molecule has 0 saturated heterocycles. The van der Waals surface area contributed by atoms with Gasteiger partial charge >= 0.3 is 0 Å². The van der Waals surface area contributed by atoms with Gasteiger partial charge in [-0.15, -0.1) is 0 Å². The van der Waals surface area contributed by atoms with Gasteiger partial charge in [-0.3, -0.25) is 0 Å². The molecule has 6 nitrogen and oxygen atoms in total. The van der Waals surface area contributed by atoms with Crippen molar-refractivity contribution in [3.63, 3.8) is 0 Å². The van der Waals surface area contributed by atoms with Crippen LogP contribution in [0.3, 0.4) is 0 Å². The molecule has 0 unspecified atom stereocenters. The minimum Gasteiger partial charge on any atom is -0.309 e. The first-order valence-electron chi connectivity index (χ1n) is 51.6. The second-order valence-corrected chi connectivity index (χ2v) is 38.9. The lowest BCUT2D eigenvalue weighted by Gasteiger charge is -2.19. The van der Waals surface area contributed by atoms with Gasteiger partial charge in [-0.25, -0.2) is 0 Å². The lowest BCUT2D eigenvalue weighted by Crippen LogP contribution is -2.00. The number of nitrogens with zero attached hydrogens (tertiary/aromatic N) is 6. The number of benzene rings is 24. The van der Waals surface area contributed by atoms with Gasteiger partial charge in [0, 0.05) is 104 Å². The van der Waals surface area contributed by atoms with E-state index < -0.39 is 0 Å². The fourth-order valence-electron chi connectivity index (χ4n) is 23.5. The van der Waals surface area contributed by atoms with Gasteiger partial charge in [-0.2, -0.15) is 0 Å². The highest BCUT2D eigenvalue weighted by Gasteiger charge is 2.26. The maximum Gasteiger partial charge on any atom is 0.0618 e. The van der Waals surface area contributed by atoms with Crippen molar-refractivity contribution in [3.05, 3.63) is 582 Å². The topological polar surface area (TPSA) is 29.6 Å². The Balaban J connectivity index is 0.000000108. The van der Waals surface area contributed by atoms with E-state index in [0.717, 1.165) is 11.4 Å². The van der Waals surface area contributed by atoms with Crippen LogP contribution in [0.1, 0.15) is 0 Å². The SMILES string of the molecule is c1ccc(-c2cc(-c3ccccc3)cc(-n3c4ccccc4c4ccc(-c5ccc6c(c5)c5ccccc5n6-c5ccccc5)cc43)c2)cc1.c1ccc(-c2ccc(-n3c4ccccc4c4ccc(-c5ccc6c(c5)c5ccccc5n6-c5ccccc5)cc43)cc2-c2ccccc2)cc1.c1ccc(-c2cccc(-c3ccccc3)c2-n2c3ccccc3c3ccc(-c4ccc5c(c4)c4ccccc4n5-c4ccccc4)cc32)cc1. The summed E-state index contributed by atoms with van der Waals surface area (Å²) in [5, 5.41) is 15.0. The molecule has 0 aliphatic rings. The van der Waals surface area contributed by atoms with E-state index in [4.69, 9.17) is 0 Å². The number of hydrogen-bond acceptors (Lipinski definition) is 0. The third-order valence-electron chi connectivity index (χ3n) is 30.3. The van der Waals surface area contributed by atoms with Gasteiger partial charge in [0.05, 0.1) is 71.9 Å². The van der Waals surface area contributed by atoms with Gasteiger partial charge in [0.25, 0.3) is 0 Å². The first-order valence-corrected chi connectivity index (χ1v) is 51.6. The van der Waals surface area contributed by atoms with E-state index in [0.29, 0.717) is 0 Å². The second-order valence-electron chi connectivity index (χ2n) is 38.9. The maximum atomic E-state index is 2.50. The Labute approximate surface area is 868 Å². The molecule has 702 valence electrons. The molecule has 0 N–H and O–H groups in total. The van der Waals surface area contributed by atoms with E-state index in [-0.39, 0.29) is 0 Å². The summed E-state index contributed by atoms with van der Waals surface area (Å²) < 4.78 is 14.5. The first kappa shape index (κ1) is 87.8. The van der Waals surface area contributed by atoms with Crippen molar-refractivity contribution in [1.82, 2.24) is 27.4 Å². The quantitative estimate of drug-likeness (QED) is 0.0979. The molecule has 30 aromatic rings. The number of hydrogen-bond donors (Lipinski definition) is 0. The van der Waals surface area contributed by atoms with E-state index in [1.165, 1.54) is 254 Å². The predicted octanol–water partition coefficient (Wildman–Crippen LogP) is 38.6. The summed E-state index contributed by atoms with van der Waals surface area (Å²) in [6.07, 6.45) is 0. The van der Waals surface area contributed by atoms with E-state index >= 15 is 0 Å². The summed E-state index contributed by atoms with van der Waals surface area (Å²) in [5.74, 6) is 0. The maximum absolute atomic E-state index is 2.50. The van der Waals surface area contributed by atoms with Gasteiger partial charge in [0.2, 0.25) is 0 Å². The van der Waals surface area contributed by atoms with Crippen molar-refractivity contribution in [2.75, 3.05) is 0 Å². The Morgan fingerprint density at radius 3 is 0.653 bits per heavy atom. The molecule has 0 atom stereocenters. The average Bonchev–Trinajstić information content (AvgIpc) is 1.57. The fourth-order valence-corrected chi connectivity index (χ4v) is 23.5. The third-order valence-corrected chi connectivity index (χ3v) is 30.3. The van der Waals surface area contributed by atoms with Crippen molar-refractivity contribution >= 4 is 131 Å². The predicted molar refractivity (Wildman–Crippen MR) is 634 cm³/mol. The van der Waals surface area contributed by atoms with Gasteiger partial charge < -0.3 is 27.4 Å². The summed E-state index contributed by atoms with van der Waals surface area (Å²) >= 11 is 0. The molecular formula is C144H96N6. The van der Waals surface area contributed by atoms with Crippen LogP contribution in [0.5, 0.6) is 0 Å². The second kappa shape index (κ2) is 37.4. The van der Waals surface area contributed by atoms with E-state index in [1.54, 1.807) is 0 Å². The van der Waals surface area contributed by atoms with Crippen molar-refractivity contribution in [2.45, 2.75) is 0 Å². The summed E-state index contributed by atoms with van der Waals surface area (Å²) in [7, 11) is 0. The molecule has 6 heterocycles. The lowest BCUT2D eigenvalue weighted by molar-refractivity contribution is 1.18. The summed E-state index contributed by atoms with van der Waals surface area (Å²) in [4.78, 5) is 0. The lowest BCUT2D eigenvalue weighted by atomic mass is 9.94. The van der Waals surface area contributed by atoms with Crippen molar-refractivity contribution in [2.24, 2.45) is 0 Å². The molecule has 0 aliphatic carbocycles. The van der Waals surface area contributed by atoms with E-state index in [9.17, 15) is 0 Å². The Hall–Kier alpha value is -19.9. The fraction of sp³-hybridized carbons (Fsp3) is 0. The smallest absolute Gasteiger partial charge is 0.0618 e. The highest BCUT2D eigenvalue weighted by Crippen LogP contribution is 2.48. The summed E-state index contributed by atoms with van der Waals surface area (Å²) in [5.41, 5.74) is 43.1. The van der Waals surface area contributed by atoms with Gasteiger partial charge in [0.15, 0.2) is 0 Å². The van der Waals surface area contributed by atoms with Crippen molar-refractivity contribution in [3.8, 4) is 134 Å². The molecule has 6 aromatic heterocycles. The summed E-state index contributed by atoms with van der Waals surface area (Å²) in [6, 6.07) is 211. The van der Waals surface area contributed by atoms with Crippen LogP contribution in [0.25, 0.3) is 265 Å². The van der Waals surface area contributed by atoms with Crippen molar-refractivity contribution < 1.29 is 0 Å². The molecule has 0 bridgehead atoms. The zero-order valence-corrected chi connectivity index (χ0v) is 82.1. The average molecular weight is 1910 g/mol. The third kappa shape index (κ3) is 15.4. The number of fused-ring (bicyclic) bond motifs is 18. The van der Waals surface area contributed by atoms with Gasteiger partial charge in [0.1, 0.15) is 0 Å². The van der Waals surface area contributed by atoms with Gasteiger partial charge in [-0.05, 0) is 247 Å². The minimum atomic E-state index is 1.15. The molecule has 0 fully saturated rings. The van der Waals surface area contributed by atoms with E-state index in [2.05, 4.69) is 610 Å². The molecule has 0 radical (unpaired) electrons. The van der Waals surface area contributed by atoms with Crippen LogP contribution in [-0.2, 0) is 0 Å². The Morgan fingerprint density at radius 2 is 0.320 bits per heavy atom. The highest BCUT2D eigenvalue weighted by atomic mass is 15.0. The largest absolute Gasteiger partial charge is 0.309 e. The number of rotatable bonds is 15. The number of aromatic nitrogens is 6. The Kier molecular flexibility index (Phi) is 21.9. The Bertz CT molecular complexity index is 10300. The monoisotopic (exact) mass is 1910 g/mol. The van der Waals surface area contributed by atoms with E-state index in [1.807, 2.05) is 0 Å². The van der Waals surface area contributed by atoms with Crippen LogP contribution in [0.15, 0.2) is 582 Å². The molecule has 150 heavy (non-hydrogen) atoms.